The third kappa shape index (κ3) is 1.92. The predicted octanol–water partition coefficient (Wildman–Crippen LogP) is 1.91. The Labute approximate surface area is 88.9 Å². The molecule has 0 fully saturated rings. The van der Waals surface area contributed by atoms with Gasteiger partial charge in [-0.25, -0.2) is 0 Å². The van der Waals surface area contributed by atoms with Gasteiger partial charge in [0, 0.05) is 24.7 Å². The molecule has 0 amide bonds. The number of fused-ring (bicyclic) bond motifs is 1. The molecule has 0 radical (unpaired) electrons. The molecule has 1 aromatic carbocycles. The first-order valence-electron chi connectivity index (χ1n) is 4.91. The molecule has 2 N–H and O–H groups in total. The van der Waals surface area contributed by atoms with E-state index >= 15 is 0 Å². The lowest BCUT2D eigenvalue weighted by atomic mass is 9.89. The lowest BCUT2D eigenvalue weighted by Crippen LogP contribution is -2.28. The van der Waals surface area contributed by atoms with Crippen molar-refractivity contribution in [3.8, 4) is 0 Å². The molecule has 0 saturated carbocycles. The maximum atomic E-state index is 8.94. The summed E-state index contributed by atoms with van der Waals surface area (Å²) in [5.41, 5.74) is 2.60. The molecule has 1 aliphatic heterocycles. The highest BCUT2D eigenvalue weighted by Crippen LogP contribution is 2.28. The Morgan fingerprint density at radius 1 is 1.50 bits per heavy atom. The van der Waals surface area contributed by atoms with E-state index in [2.05, 4.69) is 11.4 Å². The van der Waals surface area contributed by atoms with Crippen LogP contribution in [-0.2, 0) is 6.54 Å². The van der Waals surface area contributed by atoms with E-state index in [4.69, 9.17) is 16.7 Å². The molecular formula is C11H14ClNO. The second-order valence-corrected chi connectivity index (χ2v) is 4.12. The maximum absolute atomic E-state index is 8.94. The van der Waals surface area contributed by atoms with Gasteiger partial charge in [0.1, 0.15) is 0 Å². The molecule has 1 heterocycles. The Morgan fingerprint density at radius 2 is 2.36 bits per heavy atom. The van der Waals surface area contributed by atoms with Crippen molar-refractivity contribution in [2.45, 2.75) is 18.9 Å². The van der Waals surface area contributed by atoms with Crippen LogP contribution in [0.2, 0.25) is 5.02 Å². The molecule has 0 aliphatic carbocycles. The van der Waals surface area contributed by atoms with Gasteiger partial charge in [0.15, 0.2) is 0 Å². The van der Waals surface area contributed by atoms with E-state index in [-0.39, 0.29) is 6.61 Å². The number of nitrogens with one attached hydrogen (secondary N) is 1. The van der Waals surface area contributed by atoms with Crippen LogP contribution in [0.15, 0.2) is 18.2 Å². The summed E-state index contributed by atoms with van der Waals surface area (Å²) in [5.74, 6) is 0.431. The zero-order valence-corrected chi connectivity index (χ0v) is 8.72. The van der Waals surface area contributed by atoms with Crippen molar-refractivity contribution in [2.24, 2.45) is 0 Å². The maximum Gasteiger partial charge on any atom is 0.0437 e. The molecule has 14 heavy (non-hydrogen) atoms. The lowest BCUT2D eigenvalue weighted by Gasteiger charge is -2.26. The van der Waals surface area contributed by atoms with Crippen molar-refractivity contribution in [1.82, 2.24) is 5.32 Å². The van der Waals surface area contributed by atoms with Crippen LogP contribution in [0.3, 0.4) is 0 Å². The largest absolute Gasteiger partial charge is 0.396 e. The number of rotatable bonds is 2. The minimum atomic E-state index is 0.244. The van der Waals surface area contributed by atoms with E-state index in [0.29, 0.717) is 5.92 Å². The number of benzene rings is 1. The van der Waals surface area contributed by atoms with Gasteiger partial charge in [-0.05, 0) is 35.6 Å². The van der Waals surface area contributed by atoms with E-state index in [1.165, 1.54) is 11.1 Å². The predicted molar refractivity (Wildman–Crippen MR) is 57.6 cm³/mol. The molecule has 1 atom stereocenters. The fourth-order valence-corrected chi connectivity index (χ4v) is 2.22. The number of hydrogen-bond acceptors (Lipinski definition) is 2. The highest BCUT2D eigenvalue weighted by Gasteiger charge is 2.19. The molecule has 76 valence electrons. The van der Waals surface area contributed by atoms with Gasteiger partial charge in [-0.15, -0.1) is 0 Å². The van der Waals surface area contributed by atoms with Crippen LogP contribution < -0.4 is 5.32 Å². The number of hydrogen-bond donors (Lipinski definition) is 2. The summed E-state index contributed by atoms with van der Waals surface area (Å²) in [6, 6.07) is 6.02. The van der Waals surface area contributed by atoms with Crippen LogP contribution in [0.4, 0.5) is 0 Å². The normalized spacial score (nSPS) is 20.6. The zero-order chi connectivity index (χ0) is 9.97. The number of aliphatic hydroxyl groups is 1. The van der Waals surface area contributed by atoms with Crippen LogP contribution >= 0.6 is 11.6 Å². The molecule has 1 unspecified atom stereocenters. The van der Waals surface area contributed by atoms with Crippen LogP contribution in [0.1, 0.15) is 23.5 Å². The molecular weight excluding hydrogens is 198 g/mol. The summed E-state index contributed by atoms with van der Waals surface area (Å²) in [6.45, 7) is 2.08. The van der Waals surface area contributed by atoms with Gasteiger partial charge in [0.25, 0.3) is 0 Å². The third-order valence-electron chi connectivity index (χ3n) is 2.73. The first-order valence-corrected chi connectivity index (χ1v) is 5.29. The Balaban J connectivity index is 2.30. The van der Waals surface area contributed by atoms with Gasteiger partial charge in [-0.3, -0.25) is 0 Å². The number of aliphatic hydroxyl groups excluding tert-OH is 1. The van der Waals surface area contributed by atoms with Crippen LogP contribution in [0.25, 0.3) is 0 Å². The van der Waals surface area contributed by atoms with Gasteiger partial charge in [-0.2, -0.15) is 0 Å². The summed E-state index contributed by atoms with van der Waals surface area (Å²) in [4.78, 5) is 0. The first-order chi connectivity index (χ1) is 6.81. The first kappa shape index (κ1) is 9.97. The average molecular weight is 212 g/mol. The molecule has 0 aromatic heterocycles. The van der Waals surface area contributed by atoms with E-state index < -0.39 is 0 Å². The summed E-state index contributed by atoms with van der Waals surface area (Å²) >= 11 is 5.92. The van der Waals surface area contributed by atoms with Crippen LogP contribution in [-0.4, -0.2) is 18.3 Å². The quantitative estimate of drug-likeness (QED) is 0.784. The Kier molecular flexibility index (Phi) is 3.06. The van der Waals surface area contributed by atoms with Gasteiger partial charge < -0.3 is 10.4 Å². The van der Waals surface area contributed by atoms with Gasteiger partial charge in [0.05, 0.1) is 0 Å². The summed E-state index contributed by atoms with van der Waals surface area (Å²) in [6.07, 6.45) is 0.821. The van der Waals surface area contributed by atoms with Crippen LogP contribution in [0, 0.1) is 0 Å². The monoisotopic (exact) mass is 211 g/mol. The molecule has 3 heteroatoms. The molecule has 2 nitrogen and oxygen atoms in total. The van der Waals surface area contributed by atoms with Crippen molar-refractivity contribution in [3.05, 3.63) is 34.3 Å². The van der Waals surface area contributed by atoms with Crippen molar-refractivity contribution in [2.75, 3.05) is 13.2 Å². The SMILES string of the molecule is OCCC1CNCc2cc(Cl)ccc21. The van der Waals surface area contributed by atoms with Crippen molar-refractivity contribution in [1.29, 1.82) is 0 Å². The topological polar surface area (TPSA) is 32.3 Å². The summed E-state index contributed by atoms with van der Waals surface area (Å²) in [7, 11) is 0. The fourth-order valence-electron chi connectivity index (χ4n) is 2.03. The fraction of sp³-hybridized carbons (Fsp3) is 0.455. The third-order valence-corrected chi connectivity index (χ3v) is 2.96. The number of halogens is 1. The average Bonchev–Trinajstić information content (AvgIpc) is 2.18. The smallest absolute Gasteiger partial charge is 0.0437 e. The van der Waals surface area contributed by atoms with E-state index in [9.17, 15) is 0 Å². The Bertz CT molecular complexity index is 327. The molecule has 1 aliphatic rings. The van der Waals surface area contributed by atoms with E-state index in [1.54, 1.807) is 0 Å². The lowest BCUT2D eigenvalue weighted by molar-refractivity contribution is 0.271. The zero-order valence-electron chi connectivity index (χ0n) is 7.96. The van der Waals surface area contributed by atoms with Gasteiger partial charge in [-0.1, -0.05) is 17.7 Å². The molecule has 0 bridgehead atoms. The molecule has 0 spiro atoms. The van der Waals surface area contributed by atoms with Crippen LogP contribution in [0.5, 0.6) is 0 Å². The molecule has 1 aromatic rings. The molecule has 0 saturated heterocycles. The van der Waals surface area contributed by atoms with Crippen molar-refractivity contribution < 1.29 is 5.11 Å². The van der Waals surface area contributed by atoms with E-state index in [1.807, 2.05) is 12.1 Å². The highest BCUT2D eigenvalue weighted by atomic mass is 35.5. The second kappa shape index (κ2) is 4.30. The Hall–Kier alpha value is -0.570. The van der Waals surface area contributed by atoms with Crippen molar-refractivity contribution in [3.63, 3.8) is 0 Å². The van der Waals surface area contributed by atoms with E-state index in [0.717, 1.165) is 24.5 Å². The highest BCUT2D eigenvalue weighted by molar-refractivity contribution is 6.30. The summed E-state index contributed by atoms with van der Waals surface area (Å²) < 4.78 is 0. The summed E-state index contributed by atoms with van der Waals surface area (Å²) in [5, 5.41) is 13.1. The standard InChI is InChI=1S/C11H14ClNO/c12-10-1-2-11-8(3-4-14)6-13-7-9(11)5-10/h1-2,5,8,13-14H,3-4,6-7H2. The second-order valence-electron chi connectivity index (χ2n) is 3.68. The minimum absolute atomic E-state index is 0.244. The Morgan fingerprint density at radius 3 is 3.14 bits per heavy atom. The van der Waals surface area contributed by atoms with Crippen molar-refractivity contribution >= 4 is 11.6 Å². The van der Waals surface area contributed by atoms with Gasteiger partial charge >= 0.3 is 0 Å². The molecule has 2 rings (SSSR count). The van der Waals surface area contributed by atoms with Gasteiger partial charge in [0.2, 0.25) is 0 Å². The minimum Gasteiger partial charge on any atom is -0.396 e.